The molecule has 0 saturated carbocycles. The third-order valence-corrected chi connectivity index (χ3v) is 3.24. The second kappa shape index (κ2) is 6.36. The molecule has 1 aromatic heterocycles. The number of hydrogen-bond donors (Lipinski definition) is 2. The van der Waals surface area contributed by atoms with Gasteiger partial charge in [0.25, 0.3) is 0 Å². The summed E-state index contributed by atoms with van der Waals surface area (Å²) in [4.78, 5) is 4.41. The summed E-state index contributed by atoms with van der Waals surface area (Å²) >= 11 is 0. The van der Waals surface area contributed by atoms with E-state index < -0.39 is 0 Å². The van der Waals surface area contributed by atoms with Crippen molar-refractivity contribution >= 4 is 16.6 Å². The maximum Gasteiger partial charge on any atom is 0.133 e. The summed E-state index contributed by atoms with van der Waals surface area (Å²) in [6, 6.07) is 10.4. The molecule has 96 valence electrons. The lowest BCUT2D eigenvalue weighted by atomic mass is 10.1. The molecule has 0 fully saturated rings. The van der Waals surface area contributed by atoms with Crippen molar-refractivity contribution in [3.05, 3.63) is 36.5 Å². The van der Waals surface area contributed by atoms with Gasteiger partial charge < -0.3 is 11.1 Å². The highest BCUT2D eigenvalue weighted by Crippen LogP contribution is 2.20. The first-order valence-electron chi connectivity index (χ1n) is 6.59. The van der Waals surface area contributed by atoms with Crippen LogP contribution in [0.5, 0.6) is 0 Å². The number of hydrogen-bond acceptors (Lipinski definition) is 3. The first-order valence-corrected chi connectivity index (χ1v) is 6.59. The Hall–Kier alpha value is -1.61. The Kier molecular flexibility index (Phi) is 4.53. The monoisotopic (exact) mass is 243 g/mol. The van der Waals surface area contributed by atoms with Gasteiger partial charge in [0.1, 0.15) is 5.82 Å². The molecular weight excluding hydrogens is 222 g/mol. The van der Waals surface area contributed by atoms with Crippen molar-refractivity contribution < 1.29 is 0 Å². The standard InChI is InChI=1S/C15H21N3/c1-12(11-16)5-4-9-17-15-14-7-3-2-6-13(14)8-10-18-15/h2-3,6-8,10,12H,4-5,9,11,16H2,1H3,(H,17,18). The number of pyridine rings is 1. The van der Waals surface area contributed by atoms with Crippen molar-refractivity contribution in [2.75, 3.05) is 18.4 Å². The van der Waals surface area contributed by atoms with Crippen molar-refractivity contribution in [1.82, 2.24) is 4.98 Å². The van der Waals surface area contributed by atoms with E-state index in [1.165, 1.54) is 10.8 Å². The smallest absolute Gasteiger partial charge is 0.133 e. The van der Waals surface area contributed by atoms with E-state index in [0.717, 1.165) is 31.7 Å². The number of anilines is 1. The molecule has 1 aromatic carbocycles. The SMILES string of the molecule is CC(CN)CCCNc1nccc2ccccc12. The molecule has 3 heteroatoms. The van der Waals surface area contributed by atoms with Gasteiger partial charge in [-0.1, -0.05) is 31.2 Å². The molecule has 1 unspecified atom stereocenters. The zero-order valence-electron chi connectivity index (χ0n) is 10.9. The van der Waals surface area contributed by atoms with Crippen molar-refractivity contribution in [2.24, 2.45) is 11.7 Å². The number of rotatable bonds is 6. The first-order chi connectivity index (χ1) is 8.81. The molecule has 0 aliphatic rings. The maximum atomic E-state index is 5.61. The Balaban J connectivity index is 1.95. The van der Waals surface area contributed by atoms with Crippen LogP contribution in [0.1, 0.15) is 19.8 Å². The number of aromatic nitrogens is 1. The normalized spacial score (nSPS) is 12.6. The van der Waals surface area contributed by atoms with Gasteiger partial charge in [-0.05, 0) is 36.8 Å². The first kappa shape index (κ1) is 12.8. The largest absolute Gasteiger partial charge is 0.370 e. The molecule has 0 spiro atoms. The lowest BCUT2D eigenvalue weighted by molar-refractivity contribution is 0.529. The Morgan fingerprint density at radius 1 is 1.28 bits per heavy atom. The van der Waals surface area contributed by atoms with E-state index in [4.69, 9.17) is 5.73 Å². The Labute approximate surface area is 108 Å². The molecule has 0 saturated heterocycles. The zero-order chi connectivity index (χ0) is 12.8. The highest BCUT2D eigenvalue weighted by Gasteiger charge is 2.02. The van der Waals surface area contributed by atoms with Crippen LogP contribution in [0.25, 0.3) is 10.8 Å². The highest BCUT2D eigenvalue weighted by molar-refractivity contribution is 5.91. The quantitative estimate of drug-likeness (QED) is 0.767. The Bertz CT molecular complexity index is 491. The molecule has 0 aliphatic heterocycles. The second-order valence-corrected chi connectivity index (χ2v) is 4.79. The molecule has 0 bridgehead atoms. The van der Waals surface area contributed by atoms with Gasteiger partial charge in [0, 0.05) is 18.1 Å². The molecule has 2 aromatic rings. The molecule has 0 amide bonds. The lowest BCUT2D eigenvalue weighted by Crippen LogP contribution is -2.12. The Morgan fingerprint density at radius 3 is 2.94 bits per heavy atom. The van der Waals surface area contributed by atoms with Crippen LogP contribution < -0.4 is 11.1 Å². The molecule has 0 radical (unpaired) electrons. The summed E-state index contributed by atoms with van der Waals surface area (Å²) in [6.07, 6.45) is 4.14. The van der Waals surface area contributed by atoms with Crippen LogP contribution in [-0.4, -0.2) is 18.1 Å². The summed E-state index contributed by atoms with van der Waals surface area (Å²) in [7, 11) is 0. The van der Waals surface area contributed by atoms with Gasteiger partial charge >= 0.3 is 0 Å². The summed E-state index contributed by atoms with van der Waals surface area (Å²) in [5.41, 5.74) is 5.61. The topological polar surface area (TPSA) is 50.9 Å². The van der Waals surface area contributed by atoms with E-state index in [9.17, 15) is 0 Å². The van der Waals surface area contributed by atoms with Crippen molar-refractivity contribution in [3.63, 3.8) is 0 Å². The van der Waals surface area contributed by atoms with Crippen LogP contribution in [0.15, 0.2) is 36.5 Å². The summed E-state index contributed by atoms with van der Waals surface area (Å²) in [5, 5.41) is 5.83. The minimum absolute atomic E-state index is 0.604. The predicted molar refractivity (Wildman–Crippen MR) is 77.7 cm³/mol. The third kappa shape index (κ3) is 3.20. The number of fused-ring (bicyclic) bond motifs is 1. The van der Waals surface area contributed by atoms with E-state index in [1.54, 1.807) is 0 Å². The van der Waals surface area contributed by atoms with Crippen molar-refractivity contribution in [2.45, 2.75) is 19.8 Å². The van der Waals surface area contributed by atoms with Gasteiger partial charge in [0.05, 0.1) is 0 Å². The average Bonchev–Trinajstić information content (AvgIpc) is 2.43. The van der Waals surface area contributed by atoms with Crippen molar-refractivity contribution in [1.29, 1.82) is 0 Å². The fourth-order valence-electron chi connectivity index (χ4n) is 2.04. The van der Waals surface area contributed by atoms with Gasteiger partial charge in [-0.25, -0.2) is 4.98 Å². The van der Waals surface area contributed by atoms with E-state index in [0.29, 0.717) is 5.92 Å². The highest BCUT2D eigenvalue weighted by atomic mass is 15.0. The molecule has 1 heterocycles. The van der Waals surface area contributed by atoms with E-state index in [-0.39, 0.29) is 0 Å². The lowest BCUT2D eigenvalue weighted by Gasteiger charge is -2.10. The maximum absolute atomic E-state index is 5.61. The average molecular weight is 243 g/mol. The van der Waals surface area contributed by atoms with Crippen LogP contribution in [0.3, 0.4) is 0 Å². The molecule has 2 rings (SSSR count). The minimum atomic E-state index is 0.604. The fraction of sp³-hybridized carbons (Fsp3) is 0.400. The van der Waals surface area contributed by atoms with E-state index in [2.05, 4.69) is 35.4 Å². The summed E-state index contributed by atoms with van der Waals surface area (Å²) in [6.45, 7) is 3.91. The minimum Gasteiger partial charge on any atom is -0.370 e. The van der Waals surface area contributed by atoms with Crippen LogP contribution >= 0.6 is 0 Å². The van der Waals surface area contributed by atoms with E-state index in [1.807, 2.05) is 18.3 Å². The number of benzene rings is 1. The fourth-order valence-corrected chi connectivity index (χ4v) is 2.04. The molecule has 3 nitrogen and oxygen atoms in total. The third-order valence-electron chi connectivity index (χ3n) is 3.24. The van der Waals surface area contributed by atoms with Gasteiger partial charge in [-0.15, -0.1) is 0 Å². The summed E-state index contributed by atoms with van der Waals surface area (Å²) < 4.78 is 0. The predicted octanol–water partition coefficient (Wildman–Crippen LogP) is 3.02. The van der Waals surface area contributed by atoms with Crippen LogP contribution in [0.2, 0.25) is 0 Å². The zero-order valence-corrected chi connectivity index (χ0v) is 10.9. The van der Waals surface area contributed by atoms with Crippen molar-refractivity contribution in [3.8, 4) is 0 Å². The van der Waals surface area contributed by atoms with Gasteiger partial charge in [-0.2, -0.15) is 0 Å². The number of nitrogens with two attached hydrogens (primary N) is 1. The molecular formula is C15H21N3. The van der Waals surface area contributed by atoms with Gasteiger partial charge in [-0.3, -0.25) is 0 Å². The van der Waals surface area contributed by atoms with Crippen LogP contribution in [0, 0.1) is 5.92 Å². The molecule has 1 atom stereocenters. The van der Waals surface area contributed by atoms with Crippen LogP contribution in [-0.2, 0) is 0 Å². The second-order valence-electron chi connectivity index (χ2n) is 4.79. The molecule has 0 aliphatic carbocycles. The summed E-state index contributed by atoms with van der Waals surface area (Å²) in [5.74, 6) is 1.58. The number of nitrogens with one attached hydrogen (secondary N) is 1. The van der Waals surface area contributed by atoms with Crippen LogP contribution in [0.4, 0.5) is 5.82 Å². The van der Waals surface area contributed by atoms with Gasteiger partial charge in [0.15, 0.2) is 0 Å². The van der Waals surface area contributed by atoms with Gasteiger partial charge in [0.2, 0.25) is 0 Å². The van der Waals surface area contributed by atoms with E-state index >= 15 is 0 Å². The Morgan fingerprint density at radius 2 is 2.11 bits per heavy atom. The molecule has 3 N–H and O–H groups in total. The molecule has 18 heavy (non-hydrogen) atoms. The number of nitrogens with zero attached hydrogens (tertiary/aromatic N) is 1.